The molecular weight excluding hydrogens is 486 g/mol. The third-order valence-electron chi connectivity index (χ3n) is 6.97. The summed E-state index contributed by atoms with van der Waals surface area (Å²) in [7, 11) is 0. The van der Waals surface area contributed by atoms with Gasteiger partial charge in [-0.3, -0.25) is 19.5 Å². The van der Waals surface area contributed by atoms with Crippen molar-refractivity contribution < 1.29 is 4.79 Å². The van der Waals surface area contributed by atoms with E-state index in [2.05, 4.69) is 33.6 Å². The summed E-state index contributed by atoms with van der Waals surface area (Å²) in [6.45, 7) is 8.05. The van der Waals surface area contributed by atoms with Gasteiger partial charge in [0, 0.05) is 31.7 Å². The van der Waals surface area contributed by atoms with E-state index < -0.39 is 0 Å². The standard InChI is InChI=1S/C29H29N7O.C2H6/c1-21-9-7-12-23(31-19-21)24-14-18-34(33-24)20-22-10-8-17-35(22)29(37)27-28(25-11-4-5-15-30-25)36-16-6-2-3-13-26(36)32-27;1-2/h2-7,11-15,18-19,22H,8-10,16-17,20H2,1H3;1-2H3/t22-;/m0./s1. The first-order valence-electron chi connectivity index (χ1n) is 13.8. The van der Waals surface area contributed by atoms with Crippen molar-refractivity contribution >= 4 is 17.7 Å². The Morgan fingerprint density at radius 1 is 1.08 bits per heavy atom. The number of pyridine rings is 1. The topological polar surface area (TPSA) is 81.2 Å². The molecule has 0 radical (unpaired) electrons. The van der Waals surface area contributed by atoms with E-state index in [0.717, 1.165) is 47.9 Å². The van der Waals surface area contributed by atoms with Crippen LogP contribution in [0.25, 0.3) is 17.5 Å². The van der Waals surface area contributed by atoms with Gasteiger partial charge >= 0.3 is 0 Å². The van der Waals surface area contributed by atoms with E-state index in [-0.39, 0.29) is 11.9 Å². The summed E-state index contributed by atoms with van der Waals surface area (Å²) >= 11 is 0. The van der Waals surface area contributed by atoms with Gasteiger partial charge in [-0.2, -0.15) is 5.10 Å². The summed E-state index contributed by atoms with van der Waals surface area (Å²) in [5.41, 5.74) is 4.90. The fraction of sp³-hybridized carbons (Fsp3) is 0.323. The van der Waals surface area contributed by atoms with E-state index in [9.17, 15) is 4.79 Å². The van der Waals surface area contributed by atoms with Crippen molar-refractivity contribution in [1.29, 1.82) is 0 Å². The Labute approximate surface area is 229 Å². The lowest BCUT2D eigenvalue weighted by molar-refractivity contribution is 0.0717. The number of hydrogen-bond donors (Lipinski definition) is 0. The second kappa shape index (κ2) is 12.0. The average Bonchev–Trinajstić information content (AvgIpc) is 3.63. The average molecular weight is 522 g/mol. The number of amides is 1. The molecule has 0 bridgehead atoms. The maximum Gasteiger partial charge on any atom is 0.275 e. The van der Waals surface area contributed by atoms with Crippen LogP contribution in [0, 0.1) is 0 Å². The molecule has 6 rings (SSSR count). The first-order chi connectivity index (χ1) is 19.2. The van der Waals surface area contributed by atoms with E-state index in [4.69, 9.17) is 10.1 Å². The quantitative estimate of drug-likeness (QED) is 0.431. The van der Waals surface area contributed by atoms with Crippen LogP contribution in [-0.2, 0) is 13.1 Å². The lowest BCUT2D eigenvalue weighted by atomic mass is 10.1. The molecule has 6 heterocycles. The predicted molar refractivity (Wildman–Crippen MR) is 155 cm³/mol. The molecule has 0 aliphatic carbocycles. The molecule has 1 fully saturated rings. The fourth-order valence-corrected chi connectivity index (χ4v) is 5.11. The molecule has 1 atom stereocenters. The van der Waals surface area contributed by atoms with E-state index in [0.29, 0.717) is 25.3 Å². The molecule has 1 amide bonds. The Kier molecular flexibility index (Phi) is 8.10. The molecular formula is C31H35N7O. The number of imidazole rings is 1. The molecule has 0 saturated carbocycles. The van der Waals surface area contributed by atoms with E-state index in [1.807, 2.05) is 84.4 Å². The Morgan fingerprint density at radius 3 is 2.82 bits per heavy atom. The van der Waals surface area contributed by atoms with Gasteiger partial charge in [0.25, 0.3) is 5.91 Å². The summed E-state index contributed by atoms with van der Waals surface area (Å²) < 4.78 is 4.00. The number of aromatic nitrogens is 5. The number of rotatable bonds is 5. The number of likely N-dealkylation sites (tertiary alicyclic amines) is 1. The van der Waals surface area contributed by atoms with Crippen molar-refractivity contribution in [2.75, 3.05) is 6.54 Å². The highest BCUT2D eigenvalue weighted by Crippen LogP contribution is 2.29. The van der Waals surface area contributed by atoms with Crippen molar-refractivity contribution in [2.45, 2.75) is 59.2 Å². The number of aliphatic imine (C=N–C) groups is 1. The minimum Gasteiger partial charge on any atom is -0.332 e. The normalized spacial score (nSPS) is 18.0. The molecule has 3 aromatic heterocycles. The predicted octanol–water partition coefficient (Wildman–Crippen LogP) is 5.71. The SMILES string of the molecule is CC.CC1=CN=C(c2ccn(C[C@@H]3CCCN3C(=O)c3nc4n(c3-c3ccccn3)CC=CC=C4)n2)C=CC1. The van der Waals surface area contributed by atoms with Crippen LogP contribution in [-0.4, -0.2) is 53.4 Å². The minimum absolute atomic E-state index is 0.0440. The monoisotopic (exact) mass is 521 g/mol. The van der Waals surface area contributed by atoms with Crippen LogP contribution >= 0.6 is 0 Å². The Morgan fingerprint density at radius 2 is 1.97 bits per heavy atom. The van der Waals surface area contributed by atoms with Crippen LogP contribution in [0.5, 0.6) is 0 Å². The summed E-state index contributed by atoms with van der Waals surface area (Å²) in [6.07, 6.45) is 20.5. The van der Waals surface area contributed by atoms with E-state index >= 15 is 0 Å². The third kappa shape index (κ3) is 5.60. The lowest BCUT2D eigenvalue weighted by Gasteiger charge is -2.24. The van der Waals surface area contributed by atoms with Crippen molar-refractivity contribution in [3.8, 4) is 11.4 Å². The zero-order chi connectivity index (χ0) is 27.2. The van der Waals surface area contributed by atoms with Crippen LogP contribution in [0.1, 0.15) is 62.0 Å². The smallest absolute Gasteiger partial charge is 0.275 e. The summed E-state index contributed by atoms with van der Waals surface area (Å²) in [4.78, 5) is 29.9. The van der Waals surface area contributed by atoms with Crippen LogP contribution < -0.4 is 0 Å². The van der Waals surface area contributed by atoms with Crippen molar-refractivity contribution in [3.63, 3.8) is 0 Å². The van der Waals surface area contributed by atoms with Gasteiger partial charge in [-0.05, 0) is 56.5 Å². The zero-order valence-corrected chi connectivity index (χ0v) is 22.9. The summed E-state index contributed by atoms with van der Waals surface area (Å²) in [6, 6.07) is 7.80. The van der Waals surface area contributed by atoms with Gasteiger partial charge in [-0.25, -0.2) is 4.98 Å². The van der Waals surface area contributed by atoms with E-state index in [1.165, 1.54) is 5.57 Å². The Balaban J connectivity index is 0.00000151. The highest BCUT2D eigenvalue weighted by atomic mass is 16.2. The first-order valence-corrected chi connectivity index (χ1v) is 13.8. The Hall–Kier alpha value is -4.33. The molecule has 0 spiro atoms. The van der Waals surface area contributed by atoms with Gasteiger partial charge in [0.05, 0.1) is 24.0 Å². The number of fused-ring (bicyclic) bond motifs is 1. The van der Waals surface area contributed by atoms with Crippen molar-refractivity contribution in [2.24, 2.45) is 4.99 Å². The highest BCUT2D eigenvalue weighted by Gasteiger charge is 2.34. The van der Waals surface area contributed by atoms with Crippen molar-refractivity contribution in [3.05, 3.63) is 96.0 Å². The van der Waals surface area contributed by atoms with Crippen LogP contribution in [0.3, 0.4) is 0 Å². The maximum atomic E-state index is 14.0. The number of nitrogens with zero attached hydrogens (tertiary/aromatic N) is 7. The van der Waals surface area contributed by atoms with Gasteiger partial charge in [-0.15, -0.1) is 0 Å². The molecule has 39 heavy (non-hydrogen) atoms. The molecule has 3 aromatic rings. The number of allylic oxidation sites excluding steroid dienone is 6. The molecule has 0 aromatic carbocycles. The molecule has 8 nitrogen and oxygen atoms in total. The maximum absolute atomic E-state index is 14.0. The number of carbonyl (C=O) groups is 1. The molecule has 0 unspecified atom stereocenters. The van der Waals surface area contributed by atoms with E-state index in [1.54, 1.807) is 6.20 Å². The molecule has 8 heteroatoms. The first kappa shape index (κ1) is 26.3. The molecule has 1 saturated heterocycles. The number of carbonyl (C=O) groups excluding carboxylic acids is 1. The second-order valence-electron chi connectivity index (χ2n) is 9.59. The van der Waals surface area contributed by atoms with Crippen LogP contribution in [0.2, 0.25) is 0 Å². The largest absolute Gasteiger partial charge is 0.332 e. The molecule has 200 valence electrons. The minimum atomic E-state index is -0.0508. The second-order valence-corrected chi connectivity index (χ2v) is 9.59. The van der Waals surface area contributed by atoms with Crippen molar-refractivity contribution in [1.82, 2.24) is 29.2 Å². The molecule has 3 aliphatic rings. The van der Waals surface area contributed by atoms with Gasteiger partial charge in [0.1, 0.15) is 17.2 Å². The lowest BCUT2D eigenvalue weighted by Crippen LogP contribution is -2.38. The molecule has 3 aliphatic heterocycles. The van der Waals surface area contributed by atoms with Gasteiger partial charge in [-0.1, -0.05) is 49.8 Å². The van der Waals surface area contributed by atoms with Crippen LogP contribution in [0.15, 0.2) is 83.8 Å². The fourth-order valence-electron chi connectivity index (χ4n) is 5.11. The number of hydrogen-bond acceptors (Lipinski definition) is 5. The summed E-state index contributed by atoms with van der Waals surface area (Å²) in [5, 5.41) is 4.78. The summed E-state index contributed by atoms with van der Waals surface area (Å²) in [5.74, 6) is 0.716. The van der Waals surface area contributed by atoms with Gasteiger partial charge < -0.3 is 9.47 Å². The van der Waals surface area contributed by atoms with Gasteiger partial charge in [0.2, 0.25) is 0 Å². The third-order valence-corrected chi connectivity index (χ3v) is 6.97. The van der Waals surface area contributed by atoms with Crippen LogP contribution in [0.4, 0.5) is 0 Å². The molecule has 0 N–H and O–H groups in total. The van der Waals surface area contributed by atoms with Gasteiger partial charge in [0.15, 0.2) is 5.69 Å². The highest BCUT2D eigenvalue weighted by molar-refractivity contribution is 6.07. The zero-order valence-electron chi connectivity index (χ0n) is 22.9. The Bertz CT molecular complexity index is 1470.